The molecule has 0 fully saturated rings. The highest BCUT2D eigenvalue weighted by molar-refractivity contribution is 7.91. The second-order valence-electron chi connectivity index (χ2n) is 3.98. The first kappa shape index (κ1) is 14.7. The summed E-state index contributed by atoms with van der Waals surface area (Å²) in [5.41, 5.74) is -0.0214. The fourth-order valence-electron chi connectivity index (χ4n) is 1.52. The van der Waals surface area contributed by atoms with Gasteiger partial charge in [-0.1, -0.05) is 0 Å². The van der Waals surface area contributed by atoms with Crippen LogP contribution in [0.15, 0.2) is 34.1 Å². The summed E-state index contributed by atoms with van der Waals surface area (Å²) in [6.45, 7) is 0.878. The molecular formula is C11H13N3O4S2. The van der Waals surface area contributed by atoms with Crippen LogP contribution < -0.4 is 4.72 Å². The highest BCUT2D eigenvalue weighted by atomic mass is 32.2. The van der Waals surface area contributed by atoms with Gasteiger partial charge >= 0.3 is 5.97 Å². The number of rotatable bonds is 7. The number of carboxylic acid groups (broad SMARTS) is 1. The minimum absolute atomic E-state index is 0.00832. The predicted molar refractivity (Wildman–Crippen MR) is 73.3 cm³/mol. The van der Waals surface area contributed by atoms with Crippen LogP contribution in [0.4, 0.5) is 0 Å². The van der Waals surface area contributed by atoms with Crippen LogP contribution in [0.2, 0.25) is 0 Å². The third-order valence-corrected chi connectivity index (χ3v) is 5.40. The number of aromatic nitrogens is 2. The van der Waals surface area contributed by atoms with Crippen molar-refractivity contribution < 1.29 is 18.3 Å². The van der Waals surface area contributed by atoms with E-state index in [0.717, 1.165) is 17.4 Å². The van der Waals surface area contributed by atoms with E-state index in [9.17, 15) is 13.2 Å². The van der Waals surface area contributed by atoms with Gasteiger partial charge in [0.25, 0.3) is 0 Å². The number of aryl methyl sites for hydroxylation is 1. The molecule has 0 radical (unpaired) electrons. The summed E-state index contributed by atoms with van der Waals surface area (Å²) in [7, 11) is -3.64. The van der Waals surface area contributed by atoms with Gasteiger partial charge in [-0.15, -0.1) is 11.3 Å². The molecule has 0 spiro atoms. The van der Waals surface area contributed by atoms with Gasteiger partial charge in [-0.05, 0) is 18.6 Å². The molecule has 2 aromatic rings. The molecular weight excluding hydrogens is 302 g/mol. The number of carbonyl (C=O) groups is 1. The lowest BCUT2D eigenvalue weighted by Gasteiger charge is -2.04. The van der Waals surface area contributed by atoms with Gasteiger partial charge in [0.1, 0.15) is 4.21 Å². The van der Waals surface area contributed by atoms with Crippen LogP contribution in [-0.2, 0) is 16.6 Å². The van der Waals surface area contributed by atoms with Crippen LogP contribution in [0, 0.1) is 0 Å². The normalized spacial score (nSPS) is 11.6. The summed E-state index contributed by atoms with van der Waals surface area (Å²) >= 11 is 0.892. The van der Waals surface area contributed by atoms with E-state index in [0.29, 0.717) is 13.0 Å². The molecule has 0 saturated carbocycles. The van der Waals surface area contributed by atoms with Crippen molar-refractivity contribution in [3.8, 4) is 0 Å². The van der Waals surface area contributed by atoms with E-state index in [1.54, 1.807) is 23.1 Å². The first-order chi connectivity index (χ1) is 9.49. The van der Waals surface area contributed by atoms with E-state index in [-0.39, 0.29) is 16.3 Å². The van der Waals surface area contributed by atoms with Gasteiger partial charge in [-0.25, -0.2) is 17.9 Å². The lowest BCUT2D eigenvalue weighted by molar-refractivity contribution is 0.0697. The zero-order valence-electron chi connectivity index (χ0n) is 10.4. The molecule has 108 valence electrons. The average molecular weight is 315 g/mol. The Morgan fingerprint density at radius 3 is 2.90 bits per heavy atom. The van der Waals surface area contributed by atoms with Gasteiger partial charge < -0.3 is 5.11 Å². The second-order valence-corrected chi connectivity index (χ2v) is 6.89. The summed E-state index contributed by atoms with van der Waals surface area (Å²) < 4.78 is 28.0. The maximum Gasteiger partial charge on any atom is 0.336 e. The first-order valence-electron chi connectivity index (χ1n) is 5.78. The van der Waals surface area contributed by atoms with E-state index < -0.39 is 16.0 Å². The fraction of sp³-hybridized carbons (Fsp3) is 0.273. The average Bonchev–Trinajstić information content (AvgIpc) is 3.05. The van der Waals surface area contributed by atoms with Crippen LogP contribution in [0.1, 0.15) is 16.8 Å². The van der Waals surface area contributed by atoms with Gasteiger partial charge in [-0.2, -0.15) is 5.10 Å². The summed E-state index contributed by atoms with van der Waals surface area (Å²) in [4.78, 5) is 10.7. The van der Waals surface area contributed by atoms with Crippen LogP contribution >= 0.6 is 11.3 Å². The van der Waals surface area contributed by atoms with E-state index in [4.69, 9.17) is 5.11 Å². The largest absolute Gasteiger partial charge is 0.478 e. The third kappa shape index (κ3) is 3.65. The molecule has 0 aliphatic rings. The molecule has 2 heterocycles. The third-order valence-electron chi connectivity index (χ3n) is 2.50. The molecule has 0 aliphatic carbocycles. The van der Waals surface area contributed by atoms with Crippen LogP contribution in [0.5, 0.6) is 0 Å². The Bertz CT molecular complexity index is 676. The predicted octanol–water partition coefficient (Wildman–Crippen LogP) is 1.01. The molecule has 2 rings (SSSR count). The Labute approximate surface area is 119 Å². The number of sulfonamides is 1. The van der Waals surface area contributed by atoms with E-state index >= 15 is 0 Å². The monoisotopic (exact) mass is 315 g/mol. The summed E-state index contributed by atoms with van der Waals surface area (Å²) in [6.07, 6.45) is 4.05. The smallest absolute Gasteiger partial charge is 0.336 e. The standard InChI is InChI=1S/C11H13N3O4S2/c15-11(16)9-7-10(19-8-9)20(17,18)13-4-2-6-14-5-1-3-12-14/h1,3,5,7-8,13H,2,4,6H2,(H,15,16). The highest BCUT2D eigenvalue weighted by Gasteiger charge is 2.18. The maximum absolute atomic E-state index is 11.9. The number of carboxylic acids is 1. The highest BCUT2D eigenvalue weighted by Crippen LogP contribution is 2.19. The SMILES string of the molecule is O=C(O)c1csc(S(=O)(=O)NCCCn2cccn2)c1. The molecule has 0 amide bonds. The lowest BCUT2D eigenvalue weighted by Crippen LogP contribution is -2.25. The van der Waals surface area contributed by atoms with Gasteiger partial charge in [0.05, 0.1) is 5.56 Å². The molecule has 0 bridgehead atoms. The van der Waals surface area contributed by atoms with Gasteiger partial charge in [0, 0.05) is 30.9 Å². The zero-order valence-corrected chi connectivity index (χ0v) is 12.0. The van der Waals surface area contributed by atoms with Crippen molar-refractivity contribution in [3.05, 3.63) is 35.5 Å². The Morgan fingerprint density at radius 2 is 2.30 bits per heavy atom. The number of aromatic carboxylic acids is 1. The van der Waals surface area contributed by atoms with Crippen molar-refractivity contribution in [1.82, 2.24) is 14.5 Å². The number of hydrogen-bond acceptors (Lipinski definition) is 5. The maximum atomic E-state index is 11.9. The van der Waals surface area contributed by atoms with Gasteiger partial charge in [-0.3, -0.25) is 4.68 Å². The van der Waals surface area contributed by atoms with E-state index in [1.807, 2.05) is 0 Å². The molecule has 9 heteroatoms. The molecule has 20 heavy (non-hydrogen) atoms. The van der Waals surface area contributed by atoms with Crippen LogP contribution in [0.25, 0.3) is 0 Å². The van der Waals surface area contributed by atoms with Crippen molar-refractivity contribution in [3.63, 3.8) is 0 Å². The minimum Gasteiger partial charge on any atom is -0.478 e. The molecule has 7 nitrogen and oxygen atoms in total. The summed E-state index contributed by atoms with van der Waals surface area (Å²) in [5, 5.41) is 14.1. The van der Waals surface area contributed by atoms with Crippen molar-refractivity contribution >= 4 is 27.3 Å². The fourth-order valence-corrected chi connectivity index (χ4v) is 3.79. The molecule has 0 atom stereocenters. The number of thiophene rings is 1. The summed E-state index contributed by atoms with van der Waals surface area (Å²) in [5.74, 6) is -1.14. The number of nitrogens with one attached hydrogen (secondary N) is 1. The molecule has 0 saturated heterocycles. The molecule has 2 aromatic heterocycles. The number of nitrogens with zero attached hydrogens (tertiary/aromatic N) is 2. The second kappa shape index (κ2) is 6.16. The van der Waals surface area contributed by atoms with Crippen molar-refractivity contribution in [1.29, 1.82) is 0 Å². The van der Waals surface area contributed by atoms with Crippen molar-refractivity contribution in [2.75, 3.05) is 6.54 Å². The topological polar surface area (TPSA) is 101 Å². The van der Waals surface area contributed by atoms with Crippen molar-refractivity contribution in [2.24, 2.45) is 0 Å². The molecule has 0 aliphatic heterocycles. The minimum atomic E-state index is -3.64. The zero-order chi connectivity index (χ0) is 14.6. The van der Waals surface area contributed by atoms with Crippen LogP contribution in [0.3, 0.4) is 0 Å². The Kier molecular flexibility index (Phi) is 4.53. The van der Waals surface area contributed by atoms with E-state index in [1.165, 1.54) is 5.38 Å². The lowest BCUT2D eigenvalue weighted by atomic mass is 10.4. The Balaban J connectivity index is 1.88. The van der Waals surface area contributed by atoms with Gasteiger partial charge in [0.15, 0.2) is 0 Å². The first-order valence-corrected chi connectivity index (χ1v) is 8.14. The molecule has 0 aromatic carbocycles. The molecule has 2 N–H and O–H groups in total. The van der Waals surface area contributed by atoms with Gasteiger partial charge in [0.2, 0.25) is 10.0 Å². The quantitative estimate of drug-likeness (QED) is 0.743. The van der Waals surface area contributed by atoms with E-state index in [2.05, 4.69) is 9.82 Å². The van der Waals surface area contributed by atoms with Crippen molar-refractivity contribution in [2.45, 2.75) is 17.2 Å². The van der Waals surface area contributed by atoms with Crippen LogP contribution in [-0.4, -0.2) is 35.8 Å². The number of hydrogen-bond donors (Lipinski definition) is 2. The summed E-state index contributed by atoms with van der Waals surface area (Å²) in [6, 6.07) is 2.95. The Hall–Kier alpha value is -1.71. The molecule has 0 unspecified atom stereocenters. The Morgan fingerprint density at radius 1 is 1.50 bits per heavy atom.